The van der Waals surface area contributed by atoms with Gasteiger partial charge in [-0.3, -0.25) is 24.4 Å². The van der Waals surface area contributed by atoms with Gasteiger partial charge in [-0.05, 0) is 37.6 Å². The molecule has 3 aromatic rings. The van der Waals surface area contributed by atoms with Crippen molar-refractivity contribution < 1.29 is 28.4 Å². The predicted octanol–water partition coefficient (Wildman–Crippen LogP) is 3.02. The molecule has 1 aliphatic rings. The van der Waals surface area contributed by atoms with Crippen LogP contribution in [0, 0.1) is 17.0 Å². The van der Waals surface area contributed by atoms with Gasteiger partial charge in [0, 0.05) is 25.7 Å². The zero-order valence-electron chi connectivity index (χ0n) is 19.4. The van der Waals surface area contributed by atoms with E-state index in [-0.39, 0.29) is 41.1 Å². The van der Waals surface area contributed by atoms with Crippen molar-refractivity contribution in [3.63, 3.8) is 0 Å². The van der Waals surface area contributed by atoms with Crippen LogP contribution >= 0.6 is 0 Å². The van der Waals surface area contributed by atoms with Crippen molar-refractivity contribution in [1.82, 2.24) is 14.7 Å². The van der Waals surface area contributed by atoms with E-state index in [9.17, 15) is 19.7 Å². The third-order valence-electron chi connectivity index (χ3n) is 5.45. The van der Waals surface area contributed by atoms with Gasteiger partial charge in [-0.25, -0.2) is 0 Å². The van der Waals surface area contributed by atoms with Crippen LogP contribution in [0.3, 0.4) is 0 Å². The number of hydrogen-bond acceptors (Lipinski definition) is 8. The molecule has 0 atom stereocenters. The fraction of sp³-hybridized carbons (Fsp3) is 0.348. The Morgan fingerprint density at radius 2 is 2.00 bits per heavy atom. The smallest absolute Gasteiger partial charge is 0.311 e. The van der Waals surface area contributed by atoms with Crippen molar-refractivity contribution in [3.8, 4) is 5.75 Å². The van der Waals surface area contributed by atoms with Crippen molar-refractivity contribution >= 4 is 23.2 Å². The quantitative estimate of drug-likeness (QED) is 0.381. The number of hydrogen-bond donors (Lipinski definition) is 1. The van der Waals surface area contributed by atoms with Gasteiger partial charge in [0.25, 0.3) is 11.8 Å². The van der Waals surface area contributed by atoms with Crippen LogP contribution in [-0.4, -0.2) is 57.7 Å². The number of ether oxygens (including phenoxy) is 2. The number of nitro benzene ring substituents is 1. The summed E-state index contributed by atoms with van der Waals surface area (Å²) in [5.74, 6) is -0.406. The van der Waals surface area contributed by atoms with Crippen LogP contribution in [0.4, 0.5) is 11.4 Å². The van der Waals surface area contributed by atoms with E-state index < -0.39 is 10.8 Å². The summed E-state index contributed by atoms with van der Waals surface area (Å²) in [4.78, 5) is 38.3. The van der Waals surface area contributed by atoms with Gasteiger partial charge in [0.2, 0.25) is 0 Å². The summed E-state index contributed by atoms with van der Waals surface area (Å²) in [7, 11) is 0. The minimum absolute atomic E-state index is 0.00368. The second-order valence-corrected chi connectivity index (χ2v) is 7.86. The number of nitrogens with zero attached hydrogens (tertiary/aromatic N) is 4. The third-order valence-corrected chi connectivity index (χ3v) is 5.45. The minimum Gasteiger partial charge on any atom is -0.479 e. The van der Waals surface area contributed by atoms with E-state index in [1.807, 2.05) is 6.92 Å². The molecule has 2 amide bonds. The van der Waals surface area contributed by atoms with Gasteiger partial charge in [0.15, 0.2) is 11.5 Å². The summed E-state index contributed by atoms with van der Waals surface area (Å²) in [6.45, 7) is 5.78. The topological polar surface area (TPSA) is 142 Å². The summed E-state index contributed by atoms with van der Waals surface area (Å²) >= 11 is 0. The summed E-state index contributed by atoms with van der Waals surface area (Å²) in [6.07, 6.45) is 1.43. The molecule has 0 unspecified atom stereocenters. The van der Waals surface area contributed by atoms with Gasteiger partial charge in [0.1, 0.15) is 18.1 Å². The van der Waals surface area contributed by atoms with E-state index in [1.54, 1.807) is 24.0 Å². The Balaban J connectivity index is 1.45. The Morgan fingerprint density at radius 1 is 1.23 bits per heavy atom. The molecule has 1 saturated heterocycles. The molecule has 0 aliphatic carbocycles. The van der Waals surface area contributed by atoms with Crippen LogP contribution in [0.25, 0.3) is 0 Å². The van der Waals surface area contributed by atoms with E-state index >= 15 is 0 Å². The second-order valence-electron chi connectivity index (χ2n) is 7.86. The van der Waals surface area contributed by atoms with Crippen LogP contribution in [-0.2, 0) is 17.9 Å². The highest BCUT2D eigenvalue weighted by molar-refractivity contribution is 6.07. The summed E-state index contributed by atoms with van der Waals surface area (Å²) in [5.41, 5.74) is 1.14. The van der Waals surface area contributed by atoms with Crippen LogP contribution in [0.1, 0.15) is 39.3 Å². The molecule has 3 heterocycles. The molecule has 0 saturated carbocycles. The molecule has 35 heavy (non-hydrogen) atoms. The maximum atomic E-state index is 13.1. The van der Waals surface area contributed by atoms with Crippen molar-refractivity contribution in [2.24, 2.45) is 0 Å². The molecule has 0 bridgehead atoms. The molecule has 12 nitrogen and oxygen atoms in total. The Morgan fingerprint density at radius 3 is 2.71 bits per heavy atom. The number of furan rings is 1. The fourth-order valence-corrected chi connectivity index (χ4v) is 3.66. The minimum atomic E-state index is -0.566. The van der Waals surface area contributed by atoms with Gasteiger partial charge in [-0.1, -0.05) is 6.07 Å². The molecule has 1 fully saturated rings. The lowest BCUT2D eigenvalue weighted by Crippen LogP contribution is -2.41. The van der Waals surface area contributed by atoms with Gasteiger partial charge in [0.05, 0.1) is 30.0 Å². The van der Waals surface area contributed by atoms with Gasteiger partial charge < -0.3 is 24.1 Å². The number of nitrogens with one attached hydrogen (secondary N) is 1. The van der Waals surface area contributed by atoms with Gasteiger partial charge in [-0.15, -0.1) is 0 Å². The van der Waals surface area contributed by atoms with E-state index in [0.29, 0.717) is 38.6 Å². The number of aromatic nitrogens is 2. The van der Waals surface area contributed by atoms with Crippen molar-refractivity contribution in [2.75, 3.05) is 31.6 Å². The van der Waals surface area contributed by atoms with Gasteiger partial charge >= 0.3 is 5.69 Å². The number of morpholine rings is 1. The summed E-state index contributed by atoms with van der Waals surface area (Å²) in [5, 5.41) is 18.2. The first kappa shape index (κ1) is 24.0. The Bertz CT molecular complexity index is 1240. The highest BCUT2D eigenvalue weighted by Crippen LogP contribution is 2.29. The van der Waals surface area contributed by atoms with Crippen molar-refractivity contribution in [3.05, 3.63) is 69.4 Å². The number of carbonyl (C=O) groups is 2. The number of nitro groups is 1. The molecule has 1 aromatic carbocycles. The number of anilines is 1. The third kappa shape index (κ3) is 5.32. The maximum Gasteiger partial charge on any atom is 0.311 e. The monoisotopic (exact) mass is 483 g/mol. The first-order valence-electron chi connectivity index (χ1n) is 11.1. The molecule has 1 N–H and O–H groups in total. The maximum absolute atomic E-state index is 13.1. The standard InChI is InChI=1S/C23H25N5O7/c1-3-27-21(23(30)26-8-10-33-11-9-26)17(13-24-27)25-22(29)20-7-5-16(35-20)14-34-19-6-4-15(2)12-18(19)28(31)32/h4-7,12-13H,3,8-11,14H2,1-2H3,(H,25,29). The Hall–Kier alpha value is -4.19. The highest BCUT2D eigenvalue weighted by Gasteiger charge is 2.27. The van der Waals surface area contributed by atoms with Crippen molar-refractivity contribution in [1.29, 1.82) is 0 Å². The van der Waals surface area contributed by atoms with E-state index in [0.717, 1.165) is 5.56 Å². The molecule has 12 heteroatoms. The molecule has 4 rings (SSSR count). The van der Waals surface area contributed by atoms with Gasteiger partial charge in [-0.2, -0.15) is 5.10 Å². The van der Waals surface area contributed by atoms with E-state index in [1.165, 1.54) is 29.1 Å². The second kappa shape index (κ2) is 10.4. The van der Waals surface area contributed by atoms with Crippen molar-refractivity contribution in [2.45, 2.75) is 27.0 Å². The predicted molar refractivity (Wildman–Crippen MR) is 123 cm³/mol. The molecular formula is C23H25N5O7. The number of rotatable bonds is 8. The number of carbonyl (C=O) groups excluding carboxylic acids is 2. The number of benzene rings is 1. The van der Waals surface area contributed by atoms with Crippen LogP contribution in [0.2, 0.25) is 0 Å². The van der Waals surface area contributed by atoms with E-state index in [2.05, 4.69) is 10.4 Å². The number of aryl methyl sites for hydroxylation is 2. The van der Waals surface area contributed by atoms with Crippen LogP contribution < -0.4 is 10.1 Å². The molecule has 0 spiro atoms. The highest BCUT2D eigenvalue weighted by atomic mass is 16.6. The zero-order chi connectivity index (χ0) is 24.9. The molecule has 0 radical (unpaired) electrons. The first-order chi connectivity index (χ1) is 16.9. The zero-order valence-corrected chi connectivity index (χ0v) is 19.4. The number of amides is 2. The molecular weight excluding hydrogens is 458 g/mol. The molecule has 1 aliphatic heterocycles. The van der Waals surface area contributed by atoms with Crippen LogP contribution in [0.15, 0.2) is 40.9 Å². The normalized spacial score (nSPS) is 13.5. The van der Waals surface area contributed by atoms with E-state index in [4.69, 9.17) is 13.9 Å². The summed E-state index contributed by atoms with van der Waals surface area (Å²) < 4.78 is 18.0. The molecule has 184 valence electrons. The lowest BCUT2D eigenvalue weighted by Gasteiger charge is -2.27. The average Bonchev–Trinajstić information content (AvgIpc) is 3.50. The lowest BCUT2D eigenvalue weighted by atomic mass is 10.2. The molecule has 2 aromatic heterocycles. The lowest BCUT2D eigenvalue weighted by molar-refractivity contribution is -0.386. The first-order valence-corrected chi connectivity index (χ1v) is 11.1. The van der Waals surface area contributed by atoms with Crippen LogP contribution in [0.5, 0.6) is 5.75 Å². The largest absolute Gasteiger partial charge is 0.479 e. The summed E-state index contributed by atoms with van der Waals surface area (Å²) in [6, 6.07) is 7.65. The Kier molecular flexibility index (Phi) is 7.11. The Labute approximate surface area is 200 Å². The SMILES string of the molecule is CCn1ncc(NC(=O)c2ccc(COc3ccc(C)cc3[N+](=O)[O-])o2)c1C(=O)N1CCOCC1. The fourth-order valence-electron chi connectivity index (χ4n) is 3.66. The average molecular weight is 483 g/mol.